The third-order valence-corrected chi connectivity index (χ3v) is 4.05. The summed E-state index contributed by atoms with van der Waals surface area (Å²) in [5, 5.41) is 3.59. The summed E-state index contributed by atoms with van der Waals surface area (Å²) in [6, 6.07) is 9.08. The molecule has 19 heavy (non-hydrogen) atoms. The molecule has 1 saturated heterocycles. The molecule has 1 unspecified atom stereocenters. The molecule has 1 fully saturated rings. The van der Waals surface area contributed by atoms with Crippen LogP contribution in [0.4, 0.5) is 0 Å². The minimum absolute atomic E-state index is 0.726. The largest absolute Gasteiger partial charge is 0.497 e. The Morgan fingerprint density at radius 2 is 2.05 bits per heavy atom. The van der Waals surface area contributed by atoms with Crippen molar-refractivity contribution in [2.45, 2.75) is 31.7 Å². The fourth-order valence-corrected chi connectivity index (χ4v) is 2.70. The molecular formula is C16H26N2O. The maximum Gasteiger partial charge on any atom is 0.118 e. The number of benzene rings is 1. The first-order valence-electron chi connectivity index (χ1n) is 7.33. The van der Waals surface area contributed by atoms with Crippen molar-refractivity contribution >= 4 is 0 Å². The zero-order valence-electron chi connectivity index (χ0n) is 12.2. The average molecular weight is 262 g/mol. The average Bonchev–Trinajstić information content (AvgIpc) is 2.46. The van der Waals surface area contributed by atoms with Crippen LogP contribution in [-0.2, 0) is 6.42 Å². The van der Waals surface area contributed by atoms with Gasteiger partial charge in [-0.05, 0) is 57.1 Å². The van der Waals surface area contributed by atoms with Gasteiger partial charge in [0.1, 0.15) is 5.75 Å². The molecule has 1 aromatic rings. The van der Waals surface area contributed by atoms with Crippen molar-refractivity contribution in [2.75, 3.05) is 33.8 Å². The van der Waals surface area contributed by atoms with E-state index in [0.717, 1.165) is 31.3 Å². The molecule has 3 nitrogen and oxygen atoms in total. The third kappa shape index (κ3) is 4.51. The Hall–Kier alpha value is -1.06. The van der Waals surface area contributed by atoms with Gasteiger partial charge in [0, 0.05) is 12.6 Å². The van der Waals surface area contributed by atoms with Crippen LogP contribution in [0.2, 0.25) is 0 Å². The van der Waals surface area contributed by atoms with Gasteiger partial charge in [0.05, 0.1) is 7.11 Å². The van der Waals surface area contributed by atoms with Crippen LogP contribution in [0.3, 0.4) is 0 Å². The molecule has 0 aromatic heterocycles. The van der Waals surface area contributed by atoms with E-state index in [-0.39, 0.29) is 0 Å². The minimum Gasteiger partial charge on any atom is -0.497 e. The first-order valence-corrected chi connectivity index (χ1v) is 7.33. The highest BCUT2D eigenvalue weighted by Gasteiger charge is 2.17. The normalized spacial score (nSPS) is 20.4. The number of likely N-dealkylation sites (N-methyl/N-ethyl adjacent to an activating group) is 1. The molecule has 0 spiro atoms. The quantitative estimate of drug-likeness (QED) is 0.796. The van der Waals surface area contributed by atoms with E-state index in [4.69, 9.17) is 4.74 Å². The number of hydrogen-bond acceptors (Lipinski definition) is 3. The number of nitrogens with one attached hydrogen (secondary N) is 1. The lowest BCUT2D eigenvalue weighted by Gasteiger charge is -2.32. The monoisotopic (exact) mass is 262 g/mol. The molecule has 1 aromatic carbocycles. The molecule has 1 aliphatic rings. The summed E-state index contributed by atoms with van der Waals surface area (Å²) < 4.78 is 5.16. The van der Waals surface area contributed by atoms with Crippen LogP contribution in [0.5, 0.6) is 5.75 Å². The van der Waals surface area contributed by atoms with E-state index < -0.39 is 0 Å². The molecular weight excluding hydrogens is 236 g/mol. The molecule has 106 valence electrons. The Balaban J connectivity index is 1.65. The van der Waals surface area contributed by atoms with E-state index in [1.807, 2.05) is 12.1 Å². The Labute approximate surface area is 116 Å². The summed E-state index contributed by atoms with van der Waals surface area (Å²) in [7, 11) is 3.95. The van der Waals surface area contributed by atoms with Crippen LogP contribution < -0.4 is 10.1 Å². The summed E-state index contributed by atoms with van der Waals surface area (Å²) in [5.74, 6) is 0.931. The topological polar surface area (TPSA) is 24.5 Å². The number of nitrogens with zero attached hydrogens (tertiary/aromatic N) is 1. The van der Waals surface area contributed by atoms with E-state index in [9.17, 15) is 0 Å². The lowest BCUT2D eigenvalue weighted by molar-refractivity contribution is 0.182. The summed E-state index contributed by atoms with van der Waals surface area (Å²) in [5.41, 5.74) is 1.37. The fraction of sp³-hybridized carbons (Fsp3) is 0.625. The van der Waals surface area contributed by atoms with Gasteiger partial charge >= 0.3 is 0 Å². The summed E-state index contributed by atoms with van der Waals surface area (Å²) in [4.78, 5) is 2.49. The zero-order valence-corrected chi connectivity index (χ0v) is 12.2. The van der Waals surface area contributed by atoms with Crippen molar-refractivity contribution in [1.29, 1.82) is 0 Å². The molecule has 0 saturated carbocycles. The lowest BCUT2D eigenvalue weighted by atomic mass is 10.0. The number of piperidine rings is 1. The van der Waals surface area contributed by atoms with Gasteiger partial charge in [-0.15, -0.1) is 0 Å². The van der Waals surface area contributed by atoms with Crippen molar-refractivity contribution in [3.63, 3.8) is 0 Å². The molecule has 2 rings (SSSR count). The fourth-order valence-electron chi connectivity index (χ4n) is 2.70. The van der Waals surface area contributed by atoms with Crippen LogP contribution in [0.1, 0.15) is 24.8 Å². The smallest absolute Gasteiger partial charge is 0.118 e. The molecule has 1 aliphatic heterocycles. The van der Waals surface area contributed by atoms with Crippen LogP contribution in [0.15, 0.2) is 24.3 Å². The molecule has 3 heteroatoms. The molecule has 1 heterocycles. The number of ether oxygens (including phenoxy) is 1. The van der Waals surface area contributed by atoms with Gasteiger partial charge in [0.25, 0.3) is 0 Å². The maximum absolute atomic E-state index is 5.16. The van der Waals surface area contributed by atoms with Crippen molar-refractivity contribution in [3.05, 3.63) is 29.8 Å². The van der Waals surface area contributed by atoms with E-state index >= 15 is 0 Å². The molecule has 1 N–H and O–H groups in total. The second-order valence-corrected chi connectivity index (χ2v) is 5.43. The Morgan fingerprint density at radius 1 is 1.26 bits per heavy atom. The van der Waals surface area contributed by atoms with Crippen molar-refractivity contribution in [3.8, 4) is 5.75 Å². The first kappa shape index (κ1) is 14.4. The minimum atomic E-state index is 0.726. The van der Waals surface area contributed by atoms with Gasteiger partial charge in [-0.25, -0.2) is 0 Å². The third-order valence-electron chi connectivity index (χ3n) is 4.05. The van der Waals surface area contributed by atoms with E-state index in [1.54, 1.807) is 7.11 Å². The molecule has 1 atom stereocenters. The lowest BCUT2D eigenvalue weighted by Crippen LogP contribution is -2.43. The summed E-state index contributed by atoms with van der Waals surface area (Å²) in [6.45, 7) is 3.42. The van der Waals surface area contributed by atoms with Gasteiger partial charge in [0.15, 0.2) is 0 Å². The predicted octanol–water partition coefficient (Wildman–Crippen LogP) is 2.31. The summed E-state index contributed by atoms with van der Waals surface area (Å²) >= 11 is 0. The highest BCUT2D eigenvalue weighted by atomic mass is 16.5. The van der Waals surface area contributed by atoms with Crippen molar-refractivity contribution < 1.29 is 4.74 Å². The molecule has 0 aliphatic carbocycles. The van der Waals surface area contributed by atoms with Gasteiger partial charge < -0.3 is 15.0 Å². The Morgan fingerprint density at radius 3 is 2.74 bits per heavy atom. The van der Waals surface area contributed by atoms with Gasteiger partial charge in [-0.1, -0.05) is 18.6 Å². The maximum atomic E-state index is 5.16. The highest BCUT2D eigenvalue weighted by molar-refractivity contribution is 5.27. The first-order chi connectivity index (χ1) is 9.29. The number of methoxy groups -OCH3 is 1. The number of hydrogen-bond donors (Lipinski definition) is 1. The zero-order chi connectivity index (χ0) is 13.5. The Bertz CT molecular complexity index is 364. The molecule has 0 radical (unpaired) electrons. The van der Waals surface area contributed by atoms with Gasteiger partial charge in [-0.2, -0.15) is 0 Å². The second-order valence-electron chi connectivity index (χ2n) is 5.43. The SMILES string of the molecule is COc1ccc(CCNCC2CCCCN2C)cc1. The van der Waals surface area contributed by atoms with Crippen LogP contribution in [0.25, 0.3) is 0 Å². The highest BCUT2D eigenvalue weighted by Crippen LogP contribution is 2.14. The van der Waals surface area contributed by atoms with E-state index in [2.05, 4.69) is 29.4 Å². The van der Waals surface area contributed by atoms with Crippen LogP contribution >= 0.6 is 0 Å². The molecule has 0 bridgehead atoms. The van der Waals surface area contributed by atoms with Gasteiger partial charge in [-0.3, -0.25) is 0 Å². The van der Waals surface area contributed by atoms with Crippen LogP contribution in [0, 0.1) is 0 Å². The number of rotatable bonds is 6. The van der Waals surface area contributed by atoms with Crippen LogP contribution in [-0.4, -0.2) is 44.7 Å². The molecule has 0 amide bonds. The predicted molar refractivity (Wildman–Crippen MR) is 79.8 cm³/mol. The van der Waals surface area contributed by atoms with E-state index in [1.165, 1.54) is 31.4 Å². The van der Waals surface area contributed by atoms with Crippen molar-refractivity contribution in [2.24, 2.45) is 0 Å². The number of likely N-dealkylation sites (tertiary alicyclic amines) is 1. The van der Waals surface area contributed by atoms with E-state index in [0.29, 0.717) is 0 Å². The Kier molecular flexibility index (Phi) is 5.67. The summed E-state index contributed by atoms with van der Waals surface area (Å²) in [6.07, 6.45) is 5.17. The van der Waals surface area contributed by atoms with Crippen molar-refractivity contribution in [1.82, 2.24) is 10.2 Å². The second kappa shape index (κ2) is 7.51. The van der Waals surface area contributed by atoms with Gasteiger partial charge in [0.2, 0.25) is 0 Å². The standard InChI is InChI=1S/C16H26N2O/c1-18-12-4-3-5-15(18)13-17-11-10-14-6-8-16(19-2)9-7-14/h6-9,15,17H,3-5,10-13H2,1-2H3.